The van der Waals surface area contributed by atoms with Crippen LogP contribution in [0.25, 0.3) is 0 Å². The first-order valence-electron chi connectivity index (χ1n) is 10.2. The molecule has 2 N–H and O–H groups in total. The van der Waals surface area contributed by atoms with Gasteiger partial charge in [-0.15, -0.1) is 0 Å². The predicted octanol–water partition coefficient (Wildman–Crippen LogP) is 0.0477. The highest BCUT2D eigenvalue weighted by Crippen LogP contribution is 2.21. The Balaban J connectivity index is 1.60. The molecule has 2 aliphatic heterocycles. The van der Waals surface area contributed by atoms with Crippen molar-refractivity contribution in [3.05, 3.63) is 17.2 Å². The minimum absolute atomic E-state index is 0.197. The van der Waals surface area contributed by atoms with Gasteiger partial charge in [-0.05, 0) is 25.7 Å². The number of aromatic nitrogens is 2. The SMILES string of the molecule is COCCCNC(=O)c1nc(C(=O)NCCN2CCOCC2)c2n1CCCC2. The summed E-state index contributed by atoms with van der Waals surface area (Å²) in [4.78, 5) is 32.0. The molecule has 1 aromatic rings. The van der Waals surface area contributed by atoms with E-state index >= 15 is 0 Å². The zero-order chi connectivity index (χ0) is 19.8. The summed E-state index contributed by atoms with van der Waals surface area (Å²) in [5.74, 6) is -0.0885. The molecule has 0 aliphatic carbocycles. The fourth-order valence-electron chi connectivity index (χ4n) is 3.63. The van der Waals surface area contributed by atoms with Gasteiger partial charge in [0, 0.05) is 53.0 Å². The molecule has 2 aliphatic rings. The lowest BCUT2D eigenvalue weighted by Crippen LogP contribution is -2.41. The number of hydrogen-bond acceptors (Lipinski definition) is 6. The molecule has 3 heterocycles. The largest absolute Gasteiger partial charge is 0.385 e. The average Bonchev–Trinajstić information content (AvgIpc) is 3.12. The summed E-state index contributed by atoms with van der Waals surface area (Å²) in [6.07, 6.45) is 3.51. The molecule has 3 rings (SSSR count). The monoisotopic (exact) mass is 393 g/mol. The van der Waals surface area contributed by atoms with Crippen molar-refractivity contribution in [1.82, 2.24) is 25.1 Å². The summed E-state index contributed by atoms with van der Waals surface area (Å²) in [6, 6.07) is 0. The van der Waals surface area contributed by atoms with Gasteiger partial charge in [-0.25, -0.2) is 4.98 Å². The Hall–Kier alpha value is -1.97. The number of hydrogen-bond donors (Lipinski definition) is 2. The molecule has 0 unspecified atom stereocenters. The van der Waals surface area contributed by atoms with Crippen molar-refractivity contribution in [2.75, 3.05) is 59.7 Å². The number of morpholine rings is 1. The first-order chi connectivity index (χ1) is 13.7. The van der Waals surface area contributed by atoms with Crippen molar-refractivity contribution >= 4 is 11.8 Å². The fraction of sp³-hybridized carbons (Fsp3) is 0.737. The lowest BCUT2D eigenvalue weighted by atomic mass is 10.1. The average molecular weight is 393 g/mol. The van der Waals surface area contributed by atoms with Crippen LogP contribution in [0.5, 0.6) is 0 Å². The van der Waals surface area contributed by atoms with Gasteiger partial charge < -0.3 is 24.7 Å². The number of amides is 2. The van der Waals surface area contributed by atoms with E-state index in [0.717, 1.165) is 70.8 Å². The van der Waals surface area contributed by atoms with Crippen molar-refractivity contribution in [3.8, 4) is 0 Å². The first-order valence-corrected chi connectivity index (χ1v) is 10.2. The summed E-state index contributed by atoms with van der Waals surface area (Å²) in [5, 5.41) is 5.83. The number of nitrogens with one attached hydrogen (secondary N) is 2. The van der Waals surface area contributed by atoms with E-state index in [1.54, 1.807) is 7.11 Å². The number of fused-ring (bicyclic) bond motifs is 1. The van der Waals surface area contributed by atoms with Gasteiger partial charge in [0.25, 0.3) is 11.8 Å². The Morgan fingerprint density at radius 1 is 1.11 bits per heavy atom. The molecule has 1 fully saturated rings. The van der Waals surface area contributed by atoms with Crippen molar-refractivity contribution in [2.45, 2.75) is 32.2 Å². The Morgan fingerprint density at radius 3 is 2.68 bits per heavy atom. The third kappa shape index (κ3) is 5.30. The summed E-state index contributed by atoms with van der Waals surface area (Å²) >= 11 is 0. The van der Waals surface area contributed by atoms with Crippen molar-refractivity contribution in [2.24, 2.45) is 0 Å². The molecule has 28 heavy (non-hydrogen) atoms. The summed E-state index contributed by atoms with van der Waals surface area (Å²) < 4.78 is 12.2. The van der Waals surface area contributed by atoms with Crippen molar-refractivity contribution < 1.29 is 19.1 Å². The van der Waals surface area contributed by atoms with E-state index in [2.05, 4.69) is 20.5 Å². The van der Waals surface area contributed by atoms with Crippen LogP contribution >= 0.6 is 0 Å². The van der Waals surface area contributed by atoms with E-state index in [9.17, 15) is 9.59 Å². The normalized spacial score (nSPS) is 17.2. The number of nitrogens with zero attached hydrogens (tertiary/aromatic N) is 3. The van der Waals surface area contributed by atoms with Gasteiger partial charge in [-0.3, -0.25) is 14.5 Å². The van der Waals surface area contributed by atoms with Crippen LogP contribution in [0.15, 0.2) is 0 Å². The van der Waals surface area contributed by atoms with E-state index in [-0.39, 0.29) is 11.8 Å². The van der Waals surface area contributed by atoms with E-state index in [1.165, 1.54) is 0 Å². The maximum Gasteiger partial charge on any atom is 0.287 e. The second-order valence-corrected chi connectivity index (χ2v) is 7.15. The summed E-state index contributed by atoms with van der Waals surface area (Å²) in [5.41, 5.74) is 1.26. The highest BCUT2D eigenvalue weighted by molar-refractivity contribution is 5.97. The zero-order valence-corrected chi connectivity index (χ0v) is 16.7. The minimum atomic E-state index is -0.230. The molecule has 9 heteroatoms. The van der Waals surface area contributed by atoms with E-state index in [1.807, 2.05) is 4.57 Å². The Kier molecular flexibility index (Phi) is 7.81. The van der Waals surface area contributed by atoms with Crippen LogP contribution in [0.1, 0.15) is 46.1 Å². The van der Waals surface area contributed by atoms with Crippen LogP contribution in [0, 0.1) is 0 Å². The van der Waals surface area contributed by atoms with E-state index < -0.39 is 0 Å². The van der Waals surface area contributed by atoms with Gasteiger partial charge in [0.1, 0.15) is 5.69 Å². The number of imidazole rings is 1. The summed E-state index contributed by atoms with van der Waals surface area (Å²) in [6.45, 7) is 6.46. The lowest BCUT2D eigenvalue weighted by molar-refractivity contribution is 0.0383. The van der Waals surface area contributed by atoms with Crippen LogP contribution < -0.4 is 10.6 Å². The molecule has 2 amide bonds. The number of carbonyl (C=O) groups excluding carboxylic acids is 2. The molecule has 0 radical (unpaired) electrons. The molecular formula is C19H31N5O4. The maximum atomic E-state index is 12.7. The molecule has 0 saturated carbocycles. The zero-order valence-electron chi connectivity index (χ0n) is 16.7. The first kappa shape index (κ1) is 20.8. The number of ether oxygens (including phenoxy) is 2. The van der Waals surface area contributed by atoms with E-state index in [4.69, 9.17) is 9.47 Å². The molecule has 1 saturated heterocycles. The molecule has 0 aromatic carbocycles. The molecule has 0 spiro atoms. The Bertz CT molecular complexity index is 670. The molecule has 0 bridgehead atoms. The number of carbonyl (C=O) groups is 2. The van der Waals surface area contributed by atoms with Gasteiger partial charge >= 0.3 is 0 Å². The van der Waals surface area contributed by atoms with E-state index in [0.29, 0.717) is 31.2 Å². The molecule has 1 aromatic heterocycles. The topological polar surface area (TPSA) is 97.7 Å². The smallest absolute Gasteiger partial charge is 0.287 e. The second kappa shape index (κ2) is 10.5. The molecular weight excluding hydrogens is 362 g/mol. The quantitative estimate of drug-likeness (QED) is 0.576. The van der Waals surface area contributed by atoms with Crippen molar-refractivity contribution in [1.29, 1.82) is 0 Å². The van der Waals surface area contributed by atoms with Crippen LogP contribution in [0.4, 0.5) is 0 Å². The minimum Gasteiger partial charge on any atom is -0.385 e. The van der Waals surface area contributed by atoms with Crippen LogP contribution in [0.3, 0.4) is 0 Å². The van der Waals surface area contributed by atoms with Crippen LogP contribution in [-0.2, 0) is 22.4 Å². The van der Waals surface area contributed by atoms with Gasteiger partial charge in [0.2, 0.25) is 0 Å². The van der Waals surface area contributed by atoms with Gasteiger partial charge in [0.15, 0.2) is 5.82 Å². The molecule has 9 nitrogen and oxygen atoms in total. The number of methoxy groups -OCH3 is 1. The van der Waals surface area contributed by atoms with Crippen LogP contribution in [0.2, 0.25) is 0 Å². The summed E-state index contributed by atoms with van der Waals surface area (Å²) in [7, 11) is 1.64. The predicted molar refractivity (Wildman–Crippen MR) is 104 cm³/mol. The fourth-order valence-corrected chi connectivity index (χ4v) is 3.63. The van der Waals surface area contributed by atoms with Gasteiger partial charge in [-0.2, -0.15) is 0 Å². The highest BCUT2D eigenvalue weighted by Gasteiger charge is 2.27. The lowest BCUT2D eigenvalue weighted by Gasteiger charge is -2.26. The third-order valence-corrected chi connectivity index (χ3v) is 5.16. The van der Waals surface area contributed by atoms with Crippen molar-refractivity contribution in [3.63, 3.8) is 0 Å². The van der Waals surface area contributed by atoms with Crippen LogP contribution in [-0.4, -0.2) is 85.9 Å². The molecule has 156 valence electrons. The van der Waals surface area contributed by atoms with Gasteiger partial charge in [-0.1, -0.05) is 0 Å². The highest BCUT2D eigenvalue weighted by atomic mass is 16.5. The third-order valence-electron chi connectivity index (χ3n) is 5.16. The van der Waals surface area contributed by atoms with Gasteiger partial charge in [0.05, 0.1) is 18.9 Å². The standard InChI is InChI=1S/C19H31N5O4/c1-27-12-4-6-20-19(26)17-22-16(15-5-2-3-8-24(15)17)18(25)21-7-9-23-10-13-28-14-11-23/h2-14H2,1H3,(H,20,26)(H,21,25). The Labute approximate surface area is 165 Å². The second-order valence-electron chi connectivity index (χ2n) is 7.15. The number of rotatable bonds is 9. The Morgan fingerprint density at radius 2 is 1.89 bits per heavy atom. The molecule has 0 atom stereocenters. The maximum absolute atomic E-state index is 12.7.